The summed E-state index contributed by atoms with van der Waals surface area (Å²) >= 11 is 0. The molecule has 0 aliphatic heterocycles. The van der Waals surface area contributed by atoms with Crippen molar-refractivity contribution >= 4 is 5.91 Å². The monoisotopic (exact) mass is 246 g/mol. The Balaban J connectivity index is 2.73. The standard InChI is InChI=1S/C13H18N4O/c1-17(2)10-9-16-13(18)12-11(5-3-7-14)6-4-8-15-12/h4,6,8H,7,9-10,14H2,1-2H3,(H,16,18). The minimum atomic E-state index is -0.209. The van der Waals surface area contributed by atoms with E-state index in [1.165, 1.54) is 0 Å². The van der Waals surface area contributed by atoms with Crippen molar-refractivity contribution in [1.82, 2.24) is 15.2 Å². The van der Waals surface area contributed by atoms with Crippen LogP contribution in [-0.2, 0) is 0 Å². The number of nitrogens with one attached hydrogen (secondary N) is 1. The summed E-state index contributed by atoms with van der Waals surface area (Å²) in [4.78, 5) is 18.0. The Bertz CT molecular complexity index is 460. The molecule has 96 valence electrons. The number of aromatic nitrogens is 1. The summed E-state index contributed by atoms with van der Waals surface area (Å²) in [6.07, 6.45) is 1.58. The molecule has 1 rings (SSSR count). The fraction of sp³-hybridized carbons (Fsp3) is 0.385. The van der Waals surface area contributed by atoms with E-state index in [1.54, 1.807) is 18.3 Å². The molecule has 5 heteroatoms. The van der Waals surface area contributed by atoms with E-state index >= 15 is 0 Å². The Labute approximate surface area is 107 Å². The maximum Gasteiger partial charge on any atom is 0.271 e. The summed E-state index contributed by atoms with van der Waals surface area (Å²) in [6.45, 7) is 1.62. The third-order valence-corrected chi connectivity index (χ3v) is 2.19. The third kappa shape index (κ3) is 4.53. The van der Waals surface area contributed by atoms with Gasteiger partial charge in [-0.3, -0.25) is 4.79 Å². The molecule has 0 bridgehead atoms. The molecule has 0 aliphatic rings. The SMILES string of the molecule is CN(C)CCNC(=O)c1ncccc1C#CCN. The molecule has 0 unspecified atom stereocenters. The average molecular weight is 246 g/mol. The van der Waals surface area contributed by atoms with Gasteiger partial charge in [0.15, 0.2) is 0 Å². The first-order valence-electron chi connectivity index (χ1n) is 5.72. The smallest absolute Gasteiger partial charge is 0.271 e. The molecule has 1 heterocycles. The molecule has 0 aromatic carbocycles. The predicted octanol–water partition coefficient (Wildman–Crippen LogP) is -0.317. The molecule has 0 aliphatic carbocycles. The molecule has 1 aromatic rings. The normalized spacial score (nSPS) is 9.78. The number of nitrogens with two attached hydrogens (primary N) is 1. The second-order valence-electron chi connectivity index (χ2n) is 3.96. The van der Waals surface area contributed by atoms with Crippen molar-refractivity contribution in [2.75, 3.05) is 33.7 Å². The molecule has 18 heavy (non-hydrogen) atoms. The highest BCUT2D eigenvalue weighted by Gasteiger charge is 2.10. The number of hydrogen-bond acceptors (Lipinski definition) is 4. The van der Waals surface area contributed by atoms with E-state index in [1.807, 2.05) is 19.0 Å². The maximum absolute atomic E-state index is 11.9. The van der Waals surface area contributed by atoms with Gasteiger partial charge in [-0.25, -0.2) is 4.98 Å². The molecule has 3 N–H and O–H groups in total. The van der Waals surface area contributed by atoms with Crippen molar-refractivity contribution in [2.24, 2.45) is 5.73 Å². The molecule has 0 spiro atoms. The maximum atomic E-state index is 11.9. The summed E-state index contributed by atoms with van der Waals surface area (Å²) in [7, 11) is 3.90. The molecule has 5 nitrogen and oxygen atoms in total. The van der Waals surface area contributed by atoms with E-state index < -0.39 is 0 Å². The van der Waals surface area contributed by atoms with Crippen LogP contribution in [-0.4, -0.2) is 49.5 Å². The first kappa shape index (κ1) is 14.2. The van der Waals surface area contributed by atoms with Gasteiger partial charge < -0.3 is 16.0 Å². The Morgan fingerprint density at radius 3 is 3.00 bits per heavy atom. The highest BCUT2D eigenvalue weighted by Crippen LogP contribution is 2.03. The number of hydrogen-bond donors (Lipinski definition) is 2. The number of carbonyl (C=O) groups excluding carboxylic acids is 1. The van der Waals surface area contributed by atoms with E-state index in [9.17, 15) is 4.79 Å². The predicted molar refractivity (Wildman–Crippen MR) is 71.1 cm³/mol. The number of amides is 1. The molecular formula is C13H18N4O. The second-order valence-corrected chi connectivity index (χ2v) is 3.96. The molecule has 0 radical (unpaired) electrons. The van der Waals surface area contributed by atoms with Gasteiger partial charge in [-0.15, -0.1) is 0 Å². The Hall–Kier alpha value is -1.90. The second kappa shape index (κ2) is 7.43. The largest absolute Gasteiger partial charge is 0.349 e. The first-order chi connectivity index (χ1) is 8.65. The van der Waals surface area contributed by atoms with Crippen molar-refractivity contribution in [3.05, 3.63) is 29.6 Å². The molecule has 0 atom stereocenters. The van der Waals surface area contributed by atoms with Gasteiger partial charge in [0, 0.05) is 19.3 Å². The van der Waals surface area contributed by atoms with Gasteiger partial charge in [0.05, 0.1) is 12.1 Å². The van der Waals surface area contributed by atoms with Crippen LogP contribution in [0.4, 0.5) is 0 Å². The van der Waals surface area contributed by atoms with Crippen molar-refractivity contribution < 1.29 is 4.79 Å². The van der Waals surface area contributed by atoms with Crippen molar-refractivity contribution in [3.63, 3.8) is 0 Å². The molecule has 0 saturated heterocycles. The Morgan fingerprint density at radius 1 is 1.56 bits per heavy atom. The summed E-state index contributed by atoms with van der Waals surface area (Å²) in [5, 5.41) is 2.80. The lowest BCUT2D eigenvalue weighted by Gasteiger charge is -2.10. The highest BCUT2D eigenvalue weighted by molar-refractivity contribution is 5.94. The number of carbonyl (C=O) groups is 1. The van der Waals surface area contributed by atoms with Gasteiger partial charge in [0.25, 0.3) is 5.91 Å². The molecule has 1 amide bonds. The van der Waals surface area contributed by atoms with Gasteiger partial charge in [0.1, 0.15) is 5.69 Å². The lowest BCUT2D eigenvalue weighted by Crippen LogP contribution is -2.32. The zero-order valence-electron chi connectivity index (χ0n) is 10.7. The lowest BCUT2D eigenvalue weighted by molar-refractivity contribution is 0.0946. The minimum absolute atomic E-state index is 0.209. The quantitative estimate of drug-likeness (QED) is 0.715. The van der Waals surface area contributed by atoms with E-state index in [0.29, 0.717) is 17.8 Å². The van der Waals surface area contributed by atoms with Crippen LogP contribution >= 0.6 is 0 Å². The summed E-state index contributed by atoms with van der Waals surface area (Å²) in [6, 6.07) is 3.51. The summed E-state index contributed by atoms with van der Waals surface area (Å²) in [5.74, 6) is 5.36. The fourth-order valence-electron chi connectivity index (χ4n) is 1.31. The van der Waals surface area contributed by atoms with Crippen LogP contribution in [0.5, 0.6) is 0 Å². The van der Waals surface area contributed by atoms with Crippen LogP contribution in [0.1, 0.15) is 16.1 Å². The van der Waals surface area contributed by atoms with Crippen LogP contribution < -0.4 is 11.1 Å². The zero-order chi connectivity index (χ0) is 13.4. The third-order valence-electron chi connectivity index (χ3n) is 2.19. The molecule has 1 aromatic heterocycles. The van der Waals surface area contributed by atoms with Gasteiger partial charge in [-0.1, -0.05) is 11.8 Å². The molecule has 0 saturated carbocycles. The fourth-order valence-corrected chi connectivity index (χ4v) is 1.31. The van der Waals surface area contributed by atoms with Crippen LogP contribution in [0, 0.1) is 11.8 Å². The Morgan fingerprint density at radius 2 is 2.33 bits per heavy atom. The zero-order valence-corrected chi connectivity index (χ0v) is 10.7. The van der Waals surface area contributed by atoms with Gasteiger partial charge in [-0.2, -0.15) is 0 Å². The average Bonchev–Trinajstić information content (AvgIpc) is 2.36. The van der Waals surface area contributed by atoms with E-state index in [2.05, 4.69) is 22.1 Å². The van der Waals surface area contributed by atoms with Gasteiger partial charge in [-0.05, 0) is 26.2 Å². The number of rotatable bonds is 4. The van der Waals surface area contributed by atoms with Crippen LogP contribution in [0.15, 0.2) is 18.3 Å². The van der Waals surface area contributed by atoms with E-state index in [4.69, 9.17) is 5.73 Å². The van der Waals surface area contributed by atoms with Gasteiger partial charge >= 0.3 is 0 Å². The number of nitrogens with zero attached hydrogens (tertiary/aromatic N) is 2. The van der Waals surface area contributed by atoms with Crippen LogP contribution in [0.2, 0.25) is 0 Å². The molecule has 0 fully saturated rings. The summed E-state index contributed by atoms with van der Waals surface area (Å²) in [5.41, 5.74) is 6.26. The van der Waals surface area contributed by atoms with E-state index in [0.717, 1.165) is 6.54 Å². The molecular weight excluding hydrogens is 228 g/mol. The first-order valence-corrected chi connectivity index (χ1v) is 5.72. The minimum Gasteiger partial charge on any atom is -0.349 e. The van der Waals surface area contributed by atoms with Gasteiger partial charge in [0.2, 0.25) is 0 Å². The highest BCUT2D eigenvalue weighted by atomic mass is 16.1. The number of likely N-dealkylation sites (N-methyl/N-ethyl adjacent to an activating group) is 1. The topological polar surface area (TPSA) is 71.2 Å². The van der Waals surface area contributed by atoms with E-state index in [-0.39, 0.29) is 12.5 Å². The Kier molecular flexibility index (Phi) is 5.85. The summed E-state index contributed by atoms with van der Waals surface area (Å²) < 4.78 is 0. The van der Waals surface area contributed by atoms with Crippen LogP contribution in [0.3, 0.4) is 0 Å². The lowest BCUT2D eigenvalue weighted by atomic mass is 10.2. The van der Waals surface area contributed by atoms with Crippen LogP contribution in [0.25, 0.3) is 0 Å². The number of pyridine rings is 1. The van der Waals surface area contributed by atoms with Crippen molar-refractivity contribution in [2.45, 2.75) is 0 Å². The van der Waals surface area contributed by atoms with Crippen molar-refractivity contribution in [3.8, 4) is 11.8 Å². The van der Waals surface area contributed by atoms with Crippen molar-refractivity contribution in [1.29, 1.82) is 0 Å².